The van der Waals surface area contributed by atoms with Gasteiger partial charge in [0.15, 0.2) is 0 Å². The molecule has 17 heavy (non-hydrogen) atoms. The molecule has 4 heteroatoms. The van der Waals surface area contributed by atoms with Crippen LogP contribution >= 0.6 is 11.3 Å². The Kier molecular flexibility index (Phi) is 3.76. The minimum Gasteiger partial charge on any atom is -0.398 e. The lowest BCUT2D eigenvalue weighted by Gasteiger charge is -2.17. The SMILES string of the molecule is CN(Cc1ccsc1)Cc1c(N)cccc1F. The summed E-state index contributed by atoms with van der Waals surface area (Å²) in [5.74, 6) is -0.234. The van der Waals surface area contributed by atoms with E-state index >= 15 is 0 Å². The predicted octanol–water partition coefficient (Wildman–Crippen LogP) is 3.10. The number of halogens is 1. The Morgan fingerprint density at radius 1 is 1.29 bits per heavy atom. The van der Waals surface area contributed by atoms with E-state index in [1.807, 2.05) is 12.4 Å². The summed E-state index contributed by atoms with van der Waals surface area (Å²) in [6.07, 6.45) is 0. The molecule has 2 aromatic rings. The minimum atomic E-state index is -0.234. The average Bonchev–Trinajstić information content (AvgIpc) is 2.76. The number of nitrogens with zero attached hydrogens (tertiary/aromatic N) is 1. The molecular formula is C13H15FN2S. The molecule has 90 valence electrons. The highest BCUT2D eigenvalue weighted by Crippen LogP contribution is 2.18. The third-order valence-corrected chi connectivity index (χ3v) is 3.35. The van der Waals surface area contributed by atoms with E-state index in [4.69, 9.17) is 5.73 Å². The second kappa shape index (κ2) is 5.29. The van der Waals surface area contributed by atoms with E-state index in [1.54, 1.807) is 23.5 Å². The molecule has 0 aliphatic heterocycles. The van der Waals surface area contributed by atoms with Gasteiger partial charge in [-0.15, -0.1) is 0 Å². The summed E-state index contributed by atoms with van der Waals surface area (Å²) < 4.78 is 13.6. The lowest BCUT2D eigenvalue weighted by molar-refractivity contribution is 0.314. The number of thiophene rings is 1. The largest absolute Gasteiger partial charge is 0.398 e. The van der Waals surface area contributed by atoms with Gasteiger partial charge in [0.25, 0.3) is 0 Å². The summed E-state index contributed by atoms with van der Waals surface area (Å²) >= 11 is 1.67. The second-order valence-corrected chi connectivity index (χ2v) is 4.89. The van der Waals surface area contributed by atoms with Crippen molar-refractivity contribution in [3.63, 3.8) is 0 Å². The fourth-order valence-corrected chi connectivity index (χ4v) is 2.42. The Labute approximate surface area is 104 Å². The van der Waals surface area contributed by atoms with Crippen molar-refractivity contribution in [1.82, 2.24) is 4.90 Å². The van der Waals surface area contributed by atoms with Crippen LogP contribution in [0.3, 0.4) is 0 Å². The summed E-state index contributed by atoms with van der Waals surface area (Å²) in [7, 11) is 1.96. The number of rotatable bonds is 4. The Balaban J connectivity index is 2.05. The summed E-state index contributed by atoms with van der Waals surface area (Å²) in [5.41, 5.74) is 8.11. The highest BCUT2D eigenvalue weighted by molar-refractivity contribution is 7.07. The zero-order valence-electron chi connectivity index (χ0n) is 9.69. The first-order chi connectivity index (χ1) is 8.16. The summed E-state index contributed by atoms with van der Waals surface area (Å²) in [5, 5.41) is 4.14. The van der Waals surface area contributed by atoms with E-state index in [0.717, 1.165) is 6.54 Å². The highest BCUT2D eigenvalue weighted by Gasteiger charge is 2.09. The molecule has 1 heterocycles. The monoisotopic (exact) mass is 250 g/mol. The van der Waals surface area contributed by atoms with Gasteiger partial charge in [0.05, 0.1) is 0 Å². The molecular weight excluding hydrogens is 235 g/mol. The molecule has 0 aliphatic carbocycles. The first-order valence-corrected chi connectivity index (χ1v) is 6.33. The van der Waals surface area contributed by atoms with Crippen molar-refractivity contribution in [2.45, 2.75) is 13.1 Å². The smallest absolute Gasteiger partial charge is 0.129 e. The normalized spacial score (nSPS) is 11.0. The Bertz CT molecular complexity index is 462. The number of hydrogen-bond acceptors (Lipinski definition) is 3. The van der Waals surface area contributed by atoms with Crippen LogP contribution < -0.4 is 5.73 Å². The van der Waals surface area contributed by atoms with Gasteiger partial charge < -0.3 is 5.73 Å². The van der Waals surface area contributed by atoms with E-state index in [9.17, 15) is 4.39 Å². The molecule has 1 aromatic carbocycles. The molecule has 0 spiro atoms. The van der Waals surface area contributed by atoms with Gasteiger partial charge in [0.2, 0.25) is 0 Å². The molecule has 1 aromatic heterocycles. The second-order valence-electron chi connectivity index (χ2n) is 4.11. The van der Waals surface area contributed by atoms with Gasteiger partial charge in [0, 0.05) is 24.3 Å². The molecule has 2 nitrogen and oxygen atoms in total. The van der Waals surface area contributed by atoms with Crippen LogP contribution in [0.4, 0.5) is 10.1 Å². The van der Waals surface area contributed by atoms with Gasteiger partial charge in [0.1, 0.15) is 5.82 Å². The van der Waals surface area contributed by atoms with Gasteiger partial charge in [-0.05, 0) is 41.6 Å². The average molecular weight is 250 g/mol. The topological polar surface area (TPSA) is 29.3 Å². The molecule has 0 amide bonds. The Morgan fingerprint density at radius 3 is 2.76 bits per heavy atom. The Morgan fingerprint density at radius 2 is 2.12 bits per heavy atom. The van der Waals surface area contributed by atoms with Gasteiger partial charge in [-0.2, -0.15) is 11.3 Å². The van der Waals surface area contributed by atoms with Crippen molar-refractivity contribution in [2.24, 2.45) is 0 Å². The van der Waals surface area contributed by atoms with E-state index in [-0.39, 0.29) is 5.82 Å². The zero-order chi connectivity index (χ0) is 12.3. The predicted molar refractivity (Wildman–Crippen MR) is 70.3 cm³/mol. The summed E-state index contributed by atoms with van der Waals surface area (Å²) in [6, 6.07) is 6.89. The van der Waals surface area contributed by atoms with Crippen molar-refractivity contribution in [2.75, 3.05) is 12.8 Å². The van der Waals surface area contributed by atoms with Crippen LogP contribution in [0.2, 0.25) is 0 Å². The highest BCUT2D eigenvalue weighted by atomic mass is 32.1. The minimum absolute atomic E-state index is 0.234. The molecule has 2 rings (SSSR count). The summed E-state index contributed by atoms with van der Waals surface area (Å²) in [6.45, 7) is 1.33. The van der Waals surface area contributed by atoms with E-state index in [0.29, 0.717) is 17.8 Å². The third kappa shape index (κ3) is 3.05. The zero-order valence-corrected chi connectivity index (χ0v) is 10.5. The number of benzene rings is 1. The van der Waals surface area contributed by atoms with Crippen molar-refractivity contribution in [1.29, 1.82) is 0 Å². The van der Waals surface area contributed by atoms with Gasteiger partial charge in [-0.1, -0.05) is 6.07 Å². The van der Waals surface area contributed by atoms with Crippen LogP contribution in [-0.4, -0.2) is 11.9 Å². The van der Waals surface area contributed by atoms with E-state index < -0.39 is 0 Å². The molecule has 2 N–H and O–H groups in total. The van der Waals surface area contributed by atoms with Crippen molar-refractivity contribution >= 4 is 17.0 Å². The molecule has 0 fully saturated rings. The quantitative estimate of drug-likeness (QED) is 0.845. The van der Waals surface area contributed by atoms with Crippen LogP contribution in [0.25, 0.3) is 0 Å². The lowest BCUT2D eigenvalue weighted by atomic mass is 10.1. The van der Waals surface area contributed by atoms with Gasteiger partial charge in [-0.25, -0.2) is 4.39 Å². The van der Waals surface area contributed by atoms with Crippen LogP contribution in [0, 0.1) is 5.82 Å². The van der Waals surface area contributed by atoms with Crippen molar-refractivity contribution in [3.05, 3.63) is 52.0 Å². The first kappa shape index (κ1) is 12.1. The number of anilines is 1. The standard InChI is InChI=1S/C13H15FN2S/c1-16(7-10-5-6-17-9-10)8-11-12(14)3-2-4-13(11)15/h2-6,9H,7-8,15H2,1H3. The maximum Gasteiger partial charge on any atom is 0.129 e. The van der Waals surface area contributed by atoms with Crippen LogP contribution in [0.15, 0.2) is 35.0 Å². The van der Waals surface area contributed by atoms with Crippen LogP contribution in [0.1, 0.15) is 11.1 Å². The molecule has 0 saturated carbocycles. The van der Waals surface area contributed by atoms with Crippen molar-refractivity contribution in [3.8, 4) is 0 Å². The molecule has 0 radical (unpaired) electrons. The van der Waals surface area contributed by atoms with Gasteiger partial charge in [-0.3, -0.25) is 4.90 Å². The third-order valence-electron chi connectivity index (χ3n) is 2.62. The molecule has 0 bridgehead atoms. The Hall–Kier alpha value is -1.39. The molecule has 0 aliphatic rings. The summed E-state index contributed by atoms with van der Waals surface area (Å²) in [4.78, 5) is 2.05. The maximum atomic E-state index is 13.6. The van der Waals surface area contributed by atoms with Gasteiger partial charge >= 0.3 is 0 Å². The number of nitrogens with two attached hydrogens (primary N) is 1. The molecule has 0 atom stereocenters. The molecule has 0 unspecified atom stereocenters. The maximum absolute atomic E-state index is 13.6. The van der Waals surface area contributed by atoms with Crippen molar-refractivity contribution < 1.29 is 4.39 Å². The number of hydrogen-bond donors (Lipinski definition) is 1. The number of nitrogen functional groups attached to an aromatic ring is 1. The van der Waals surface area contributed by atoms with E-state index in [2.05, 4.69) is 16.3 Å². The fourth-order valence-electron chi connectivity index (χ4n) is 1.76. The fraction of sp³-hybridized carbons (Fsp3) is 0.231. The lowest BCUT2D eigenvalue weighted by Crippen LogP contribution is -2.18. The van der Waals surface area contributed by atoms with E-state index in [1.165, 1.54) is 11.6 Å². The first-order valence-electron chi connectivity index (χ1n) is 5.39. The van der Waals surface area contributed by atoms with Crippen LogP contribution in [0.5, 0.6) is 0 Å². The molecule has 0 saturated heterocycles. The van der Waals surface area contributed by atoms with Crippen LogP contribution in [-0.2, 0) is 13.1 Å².